The van der Waals surface area contributed by atoms with Gasteiger partial charge in [0.1, 0.15) is 0 Å². The van der Waals surface area contributed by atoms with Crippen molar-refractivity contribution < 1.29 is 4.79 Å². The lowest BCUT2D eigenvalue weighted by Gasteiger charge is -2.11. The lowest BCUT2D eigenvalue weighted by Crippen LogP contribution is -2.00. The van der Waals surface area contributed by atoms with E-state index >= 15 is 0 Å². The van der Waals surface area contributed by atoms with Gasteiger partial charge in [-0.2, -0.15) is 0 Å². The molecular formula is C14H21NO. The second kappa shape index (κ2) is 7.04. The predicted molar refractivity (Wildman–Crippen MR) is 69.2 cm³/mol. The van der Waals surface area contributed by atoms with E-state index in [1.807, 2.05) is 19.2 Å². The Kier molecular flexibility index (Phi) is 5.62. The number of unbranched alkanes of at least 4 members (excludes halogenated alkanes) is 3. The fraction of sp³-hybridized carbons (Fsp3) is 0.500. The number of aryl methyl sites for hydroxylation is 1. The van der Waals surface area contributed by atoms with Gasteiger partial charge in [-0.1, -0.05) is 38.3 Å². The molecule has 0 amide bonds. The van der Waals surface area contributed by atoms with Gasteiger partial charge in [-0.25, -0.2) is 0 Å². The normalized spacial score (nSPS) is 10.1. The summed E-state index contributed by atoms with van der Waals surface area (Å²) in [6, 6.07) is 5.92. The Morgan fingerprint density at radius 1 is 1.25 bits per heavy atom. The second-order valence-corrected chi connectivity index (χ2v) is 4.06. The minimum absolute atomic E-state index is 0.760. The number of aldehydes is 1. The Balaban J connectivity index is 2.67. The van der Waals surface area contributed by atoms with E-state index in [9.17, 15) is 4.79 Å². The quantitative estimate of drug-likeness (QED) is 0.560. The second-order valence-electron chi connectivity index (χ2n) is 4.06. The summed E-state index contributed by atoms with van der Waals surface area (Å²) in [5.41, 5.74) is 3.01. The standard InChI is InChI=1S/C14H21NO/c1-3-4-5-6-8-12-9-7-10-13(11-16)14(12)15-2/h7,9-11,15H,3-6,8H2,1-2H3. The van der Waals surface area contributed by atoms with Gasteiger partial charge in [-0.05, 0) is 24.5 Å². The molecule has 2 nitrogen and oxygen atoms in total. The van der Waals surface area contributed by atoms with Crippen LogP contribution in [0.15, 0.2) is 18.2 Å². The average Bonchev–Trinajstić information content (AvgIpc) is 2.34. The maximum atomic E-state index is 10.9. The fourth-order valence-corrected chi connectivity index (χ4v) is 1.97. The third-order valence-corrected chi connectivity index (χ3v) is 2.86. The summed E-state index contributed by atoms with van der Waals surface area (Å²) in [6.07, 6.45) is 6.99. The summed E-state index contributed by atoms with van der Waals surface area (Å²) < 4.78 is 0. The summed E-state index contributed by atoms with van der Waals surface area (Å²) in [4.78, 5) is 10.9. The summed E-state index contributed by atoms with van der Waals surface area (Å²) in [7, 11) is 1.87. The number of anilines is 1. The van der Waals surface area contributed by atoms with Crippen LogP contribution < -0.4 is 5.32 Å². The molecule has 1 aromatic rings. The van der Waals surface area contributed by atoms with Crippen LogP contribution in [0.3, 0.4) is 0 Å². The molecule has 2 heteroatoms. The molecule has 0 atom stereocenters. The summed E-state index contributed by atoms with van der Waals surface area (Å²) in [5.74, 6) is 0. The maximum Gasteiger partial charge on any atom is 0.152 e. The zero-order valence-electron chi connectivity index (χ0n) is 10.3. The number of hydrogen-bond acceptors (Lipinski definition) is 2. The molecule has 0 heterocycles. The lowest BCUT2D eigenvalue weighted by atomic mass is 10.0. The number of carbonyl (C=O) groups excluding carboxylic acids is 1. The molecule has 16 heavy (non-hydrogen) atoms. The highest BCUT2D eigenvalue weighted by atomic mass is 16.1. The number of carbonyl (C=O) groups is 1. The SMILES string of the molecule is CCCCCCc1cccc(C=O)c1NC. The first kappa shape index (κ1) is 12.8. The zero-order chi connectivity index (χ0) is 11.8. The fourth-order valence-electron chi connectivity index (χ4n) is 1.97. The van der Waals surface area contributed by atoms with Crippen LogP contribution in [0.4, 0.5) is 5.69 Å². The molecular weight excluding hydrogens is 198 g/mol. The van der Waals surface area contributed by atoms with Gasteiger partial charge in [0.2, 0.25) is 0 Å². The zero-order valence-corrected chi connectivity index (χ0v) is 10.3. The van der Waals surface area contributed by atoms with Gasteiger partial charge in [0, 0.05) is 18.3 Å². The smallest absolute Gasteiger partial charge is 0.152 e. The van der Waals surface area contributed by atoms with Crippen molar-refractivity contribution >= 4 is 12.0 Å². The summed E-state index contributed by atoms with van der Waals surface area (Å²) in [5, 5.41) is 3.12. The van der Waals surface area contributed by atoms with Crippen molar-refractivity contribution in [2.24, 2.45) is 0 Å². The first-order valence-electron chi connectivity index (χ1n) is 6.08. The molecule has 0 aliphatic carbocycles. The van der Waals surface area contributed by atoms with E-state index in [4.69, 9.17) is 0 Å². The first-order valence-corrected chi connectivity index (χ1v) is 6.08. The molecule has 0 aromatic heterocycles. The molecule has 0 bridgehead atoms. The topological polar surface area (TPSA) is 29.1 Å². The van der Waals surface area contributed by atoms with Crippen molar-refractivity contribution in [2.45, 2.75) is 39.0 Å². The molecule has 1 N–H and O–H groups in total. The van der Waals surface area contributed by atoms with E-state index in [1.165, 1.54) is 31.2 Å². The van der Waals surface area contributed by atoms with Crippen LogP contribution in [0.25, 0.3) is 0 Å². The molecule has 0 fully saturated rings. The van der Waals surface area contributed by atoms with Crippen molar-refractivity contribution in [1.29, 1.82) is 0 Å². The van der Waals surface area contributed by atoms with Crippen LogP contribution in [-0.4, -0.2) is 13.3 Å². The van der Waals surface area contributed by atoms with E-state index < -0.39 is 0 Å². The van der Waals surface area contributed by atoms with Gasteiger partial charge in [0.15, 0.2) is 6.29 Å². The van der Waals surface area contributed by atoms with Gasteiger partial charge in [0.05, 0.1) is 0 Å². The number of para-hydroxylation sites is 1. The van der Waals surface area contributed by atoms with Crippen molar-refractivity contribution in [1.82, 2.24) is 0 Å². The molecule has 0 aliphatic rings. The molecule has 0 unspecified atom stereocenters. The highest BCUT2D eigenvalue weighted by Crippen LogP contribution is 2.21. The maximum absolute atomic E-state index is 10.9. The number of hydrogen-bond donors (Lipinski definition) is 1. The molecule has 0 saturated carbocycles. The number of benzene rings is 1. The van der Waals surface area contributed by atoms with Crippen molar-refractivity contribution in [2.75, 3.05) is 12.4 Å². The van der Waals surface area contributed by atoms with Crippen molar-refractivity contribution in [3.05, 3.63) is 29.3 Å². The van der Waals surface area contributed by atoms with Gasteiger partial charge < -0.3 is 5.32 Å². The molecule has 1 rings (SSSR count). The highest BCUT2D eigenvalue weighted by molar-refractivity contribution is 5.85. The Morgan fingerprint density at radius 3 is 2.69 bits per heavy atom. The van der Waals surface area contributed by atoms with Gasteiger partial charge in [-0.3, -0.25) is 4.79 Å². The molecule has 88 valence electrons. The third-order valence-electron chi connectivity index (χ3n) is 2.86. The number of nitrogens with one attached hydrogen (secondary N) is 1. The largest absolute Gasteiger partial charge is 0.387 e. The van der Waals surface area contributed by atoms with E-state index in [0.29, 0.717) is 0 Å². The number of rotatable bonds is 7. The Morgan fingerprint density at radius 2 is 2.06 bits per heavy atom. The van der Waals surface area contributed by atoms with Crippen LogP contribution in [0, 0.1) is 0 Å². The van der Waals surface area contributed by atoms with Crippen molar-refractivity contribution in [3.8, 4) is 0 Å². The van der Waals surface area contributed by atoms with Crippen LogP contribution in [-0.2, 0) is 6.42 Å². The third kappa shape index (κ3) is 3.37. The molecule has 0 saturated heterocycles. The molecule has 0 aliphatic heterocycles. The van der Waals surface area contributed by atoms with Crippen LogP contribution in [0.2, 0.25) is 0 Å². The van der Waals surface area contributed by atoms with Crippen molar-refractivity contribution in [3.63, 3.8) is 0 Å². The first-order chi connectivity index (χ1) is 7.83. The summed E-state index contributed by atoms with van der Waals surface area (Å²) >= 11 is 0. The van der Waals surface area contributed by atoms with E-state index in [2.05, 4.69) is 18.3 Å². The Hall–Kier alpha value is -1.31. The minimum atomic E-state index is 0.760. The molecule has 0 radical (unpaired) electrons. The van der Waals surface area contributed by atoms with Gasteiger partial charge in [-0.15, -0.1) is 0 Å². The molecule has 0 spiro atoms. The van der Waals surface area contributed by atoms with Gasteiger partial charge in [0.25, 0.3) is 0 Å². The van der Waals surface area contributed by atoms with Crippen LogP contribution in [0.5, 0.6) is 0 Å². The monoisotopic (exact) mass is 219 g/mol. The lowest BCUT2D eigenvalue weighted by molar-refractivity contribution is 0.112. The Labute approximate surface area is 98.1 Å². The van der Waals surface area contributed by atoms with E-state index in [0.717, 1.165) is 24.0 Å². The van der Waals surface area contributed by atoms with E-state index in [-0.39, 0.29) is 0 Å². The molecule has 1 aromatic carbocycles. The van der Waals surface area contributed by atoms with Crippen LogP contribution >= 0.6 is 0 Å². The Bertz CT molecular complexity index is 334. The highest BCUT2D eigenvalue weighted by Gasteiger charge is 2.05. The predicted octanol–water partition coefficient (Wildman–Crippen LogP) is 3.66. The van der Waals surface area contributed by atoms with Crippen LogP contribution in [0.1, 0.15) is 48.5 Å². The van der Waals surface area contributed by atoms with E-state index in [1.54, 1.807) is 0 Å². The summed E-state index contributed by atoms with van der Waals surface area (Å²) in [6.45, 7) is 2.21. The minimum Gasteiger partial charge on any atom is -0.387 e. The van der Waals surface area contributed by atoms with Gasteiger partial charge >= 0.3 is 0 Å². The average molecular weight is 219 g/mol.